The van der Waals surface area contributed by atoms with Gasteiger partial charge in [-0.2, -0.15) is 0 Å². The summed E-state index contributed by atoms with van der Waals surface area (Å²) >= 11 is 0. The molecule has 1 nitrogen and oxygen atoms in total. The second-order valence-corrected chi connectivity index (χ2v) is 4.33. The Kier molecular flexibility index (Phi) is 15.4. The number of halogens is 12. The maximum absolute atomic E-state index is 9.75. The number of hydrogen-bond acceptors (Lipinski definition) is 1. The van der Waals surface area contributed by atoms with Crippen LogP contribution in [0.25, 0.3) is 0 Å². The number of hydrogen-bond donors (Lipinski definition) is 0. The van der Waals surface area contributed by atoms with Gasteiger partial charge in [-0.1, -0.05) is 30.3 Å². The SMILES string of the molecule is CC(C)OCc1ccccc1.F[B-](F)(F)F.F[B-](F)(F)F.F[B-](F)(F)F. The van der Waals surface area contributed by atoms with Gasteiger partial charge < -0.3 is 56.5 Å². The average molecular weight is 411 g/mol. The third-order valence-electron chi connectivity index (χ3n) is 1.43. The summed E-state index contributed by atoms with van der Waals surface area (Å²) in [6.45, 7) is 4.81. The first-order chi connectivity index (χ1) is 11.3. The van der Waals surface area contributed by atoms with Crippen LogP contribution < -0.4 is 0 Å². The maximum atomic E-state index is 9.75. The van der Waals surface area contributed by atoms with Crippen molar-refractivity contribution in [2.75, 3.05) is 0 Å². The standard InChI is InChI=1S/C10H14O.3BF4/c1-9(2)11-8-10-6-4-3-5-7-10;3*2-1(3,4)5/h3-7,9H,8H2,1-2H3;;;/q;3*-1. The molecular formula is C10H14B3F12O-3. The van der Waals surface area contributed by atoms with E-state index >= 15 is 0 Å². The van der Waals surface area contributed by atoms with Crippen LogP contribution in [0.15, 0.2) is 30.3 Å². The van der Waals surface area contributed by atoms with Crippen LogP contribution in [0.3, 0.4) is 0 Å². The number of benzene rings is 1. The Balaban J connectivity index is -0.000000300. The van der Waals surface area contributed by atoms with Gasteiger partial charge in [0.1, 0.15) is 0 Å². The van der Waals surface area contributed by atoms with Gasteiger partial charge in [0.05, 0.1) is 12.7 Å². The molecule has 0 heterocycles. The minimum Gasteiger partial charge on any atom is -0.418 e. The summed E-state index contributed by atoms with van der Waals surface area (Å²) in [5.41, 5.74) is 1.24. The third kappa shape index (κ3) is 78.5. The molecule has 1 rings (SSSR count). The molecule has 156 valence electrons. The minimum absolute atomic E-state index is 0.315. The molecule has 0 aliphatic carbocycles. The zero-order chi connectivity index (χ0) is 21.6. The van der Waals surface area contributed by atoms with Gasteiger partial charge in [-0.3, -0.25) is 0 Å². The van der Waals surface area contributed by atoms with Crippen LogP contribution in [0.1, 0.15) is 19.4 Å². The number of rotatable bonds is 3. The zero-order valence-electron chi connectivity index (χ0n) is 13.3. The van der Waals surface area contributed by atoms with Crippen molar-refractivity contribution in [1.29, 1.82) is 0 Å². The summed E-state index contributed by atoms with van der Waals surface area (Å²) in [5.74, 6) is 0. The van der Waals surface area contributed by atoms with Crippen molar-refractivity contribution in [2.24, 2.45) is 0 Å². The van der Waals surface area contributed by atoms with Gasteiger partial charge in [0.25, 0.3) is 0 Å². The number of ether oxygens (including phenoxy) is 1. The first kappa shape index (κ1) is 29.3. The van der Waals surface area contributed by atoms with E-state index in [1.165, 1.54) is 5.56 Å². The first-order valence-electron chi connectivity index (χ1n) is 6.56. The molecule has 0 N–H and O–H groups in total. The van der Waals surface area contributed by atoms with Gasteiger partial charge in [-0.05, 0) is 19.4 Å². The smallest absolute Gasteiger partial charge is 0.418 e. The Morgan fingerprint density at radius 2 is 0.923 bits per heavy atom. The molecule has 0 bridgehead atoms. The summed E-state index contributed by atoms with van der Waals surface area (Å²) in [6, 6.07) is 10.2. The fourth-order valence-corrected chi connectivity index (χ4v) is 0.837. The van der Waals surface area contributed by atoms with Gasteiger partial charge in [-0.15, -0.1) is 0 Å². The lowest BCUT2D eigenvalue weighted by molar-refractivity contribution is 0.0657. The van der Waals surface area contributed by atoms with Crippen LogP contribution in [0.2, 0.25) is 0 Å². The molecule has 0 fully saturated rings. The Bertz CT molecular complexity index is 385. The summed E-state index contributed by atoms with van der Waals surface area (Å²) in [7, 11) is -18.0. The molecule has 0 saturated carbocycles. The van der Waals surface area contributed by atoms with Crippen molar-refractivity contribution < 1.29 is 56.5 Å². The first-order valence-corrected chi connectivity index (χ1v) is 6.56. The van der Waals surface area contributed by atoms with Crippen LogP contribution in [0.5, 0.6) is 0 Å². The van der Waals surface area contributed by atoms with Crippen molar-refractivity contribution >= 4 is 21.8 Å². The molecule has 1 aromatic carbocycles. The minimum atomic E-state index is -6.00. The van der Waals surface area contributed by atoms with Gasteiger partial charge in [-0.25, -0.2) is 0 Å². The van der Waals surface area contributed by atoms with E-state index < -0.39 is 21.8 Å². The van der Waals surface area contributed by atoms with Crippen LogP contribution in [0.4, 0.5) is 51.8 Å². The van der Waals surface area contributed by atoms with Gasteiger partial charge in [0.2, 0.25) is 0 Å². The van der Waals surface area contributed by atoms with Crippen molar-refractivity contribution in [2.45, 2.75) is 26.6 Å². The van der Waals surface area contributed by atoms with E-state index in [9.17, 15) is 51.8 Å². The second-order valence-electron chi connectivity index (χ2n) is 4.33. The van der Waals surface area contributed by atoms with E-state index in [-0.39, 0.29) is 0 Å². The Morgan fingerprint density at radius 3 is 1.15 bits per heavy atom. The second kappa shape index (κ2) is 13.7. The Hall–Kier alpha value is -1.47. The van der Waals surface area contributed by atoms with E-state index in [0.29, 0.717) is 6.10 Å². The topological polar surface area (TPSA) is 9.23 Å². The van der Waals surface area contributed by atoms with Crippen LogP contribution in [0, 0.1) is 0 Å². The highest BCUT2D eigenvalue weighted by Crippen LogP contribution is 2.07. The molecule has 0 spiro atoms. The van der Waals surface area contributed by atoms with E-state index in [1.807, 2.05) is 32.0 Å². The van der Waals surface area contributed by atoms with E-state index in [0.717, 1.165) is 6.61 Å². The summed E-state index contributed by atoms with van der Waals surface area (Å²) in [4.78, 5) is 0. The van der Waals surface area contributed by atoms with Crippen molar-refractivity contribution in [1.82, 2.24) is 0 Å². The zero-order valence-corrected chi connectivity index (χ0v) is 13.3. The molecule has 0 radical (unpaired) electrons. The molecule has 0 saturated heterocycles. The van der Waals surface area contributed by atoms with E-state index in [2.05, 4.69) is 12.1 Å². The van der Waals surface area contributed by atoms with Crippen molar-refractivity contribution in [3.8, 4) is 0 Å². The molecule has 16 heteroatoms. The van der Waals surface area contributed by atoms with Crippen molar-refractivity contribution in [3.63, 3.8) is 0 Å². The predicted octanol–water partition coefficient (Wildman–Crippen LogP) is 6.51. The lowest BCUT2D eigenvalue weighted by atomic mass is 10.2. The third-order valence-corrected chi connectivity index (χ3v) is 1.43. The summed E-state index contributed by atoms with van der Waals surface area (Å²) in [5, 5.41) is 0. The fourth-order valence-electron chi connectivity index (χ4n) is 0.837. The van der Waals surface area contributed by atoms with Gasteiger partial charge in [0, 0.05) is 0 Å². The predicted molar refractivity (Wildman–Crippen MR) is 76.9 cm³/mol. The lowest BCUT2D eigenvalue weighted by Crippen LogP contribution is -2.02. The summed E-state index contributed by atoms with van der Waals surface area (Å²) < 4.78 is 122. The van der Waals surface area contributed by atoms with Gasteiger partial charge >= 0.3 is 21.8 Å². The largest absolute Gasteiger partial charge is 0.673 e. The van der Waals surface area contributed by atoms with Gasteiger partial charge in [0.15, 0.2) is 0 Å². The monoisotopic (exact) mass is 411 g/mol. The highest BCUT2D eigenvalue weighted by atomic mass is 19.5. The van der Waals surface area contributed by atoms with Crippen LogP contribution in [-0.2, 0) is 11.3 Å². The molecule has 0 aromatic heterocycles. The molecule has 0 amide bonds. The highest BCUT2D eigenvalue weighted by molar-refractivity contribution is 6.50. The van der Waals surface area contributed by atoms with Crippen LogP contribution in [-0.4, -0.2) is 27.9 Å². The Morgan fingerprint density at radius 1 is 0.654 bits per heavy atom. The lowest BCUT2D eigenvalue weighted by Gasteiger charge is -2.06. The fraction of sp³-hybridized carbons (Fsp3) is 0.400. The van der Waals surface area contributed by atoms with E-state index in [1.54, 1.807) is 0 Å². The molecule has 26 heavy (non-hydrogen) atoms. The molecule has 1 aromatic rings. The van der Waals surface area contributed by atoms with Crippen LogP contribution >= 0.6 is 0 Å². The quantitative estimate of drug-likeness (QED) is 0.407. The molecular weight excluding hydrogens is 397 g/mol. The molecule has 0 unspecified atom stereocenters. The van der Waals surface area contributed by atoms with E-state index in [4.69, 9.17) is 4.74 Å². The molecule has 0 aliphatic rings. The normalized spacial score (nSPS) is 11.3. The van der Waals surface area contributed by atoms with Crippen molar-refractivity contribution in [3.05, 3.63) is 35.9 Å². The molecule has 0 atom stereocenters. The summed E-state index contributed by atoms with van der Waals surface area (Å²) in [6.07, 6.45) is 0.315. The Labute approximate surface area is 142 Å². The highest BCUT2D eigenvalue weighted by Gasteiger charge is 2.21. The molecule has 0 aliphatic heterocycles. The average Bonchev–Trinajstić information content (AvgIpc) is 2.31. The maximum Gasteiger partial charge on any atom is 0.673 e.